The lowest BCUT2D eigenvalue weighted by Gasteiger charge is -2.31. The van der Waals surface area contributed by atoms with Gasteiger partial charge in [0.25, 0.3) is 0 Å². The van der Waals surface area contributed by atoms with E-state index in [1.807, 2.05) is 0 Å². The zero-order valence-corrected chi connectivity index (χ0v) is 38.4. The van der Waals surface area contributed by atoms with Crippen molar-refractivity contribution in [3.8, 4) is 55.6 Å². The van der Waals surface area contributed by atoms with Crippen LogP contribution in [0.15, 0.2) is 267 Å². The fraction of sp³-hybridized carbons (Fsp3) is 0.0294. The molecule has 0 bridgehead atoms. The van der Waals surface area contributed by atoms with Gasteiger partial charge in [-0.2, -0.15) is 0 Å². The van der Waals surface area contributed by atoms with Gasteiger partial charge in [-0.1, -0.05) is 218 Å². The second kappa shape index (κ2) is 16.5. The molecule has 1 heteroatoms. The number of fused-ring (bicyclic) bond motifs is 7. The minimum atomic E-state index is -0.339. The van der Waals surface area contributed by atoms with Crippen LogP contribution in [0.1, 0.15) is 23.6 Å². The fourth-order valence-corrected chi connectivity index (χ4v) is 11.3. The van der Waals surface area contributed by atoms with E-state index in [1.165, 1.54) is 99.1 Å². The average molecular weight is 878 g/mol. The molecular formula is C68H47N. The summed E-state index contributed by atoms with van der Waals surface area (Å²) >= 11 is 0. The van der Waals surface area contributed by atoms with Crippen LogP contribution in [0.5, 0.6) is 0 Å². The number of benzene rings is 12. The lowest BCUT2D eigenvalue weighted by Crippen LogP contribution is -2.22. The summed E-state index contributed by atoms with van der Waals surface area (Å²) in [6.07, 6.45) is 0. The Kier molecular flexibility index (Phi) is 9.70. The number of nitrogens with zero attached hydrogens (tertiary/aromatic N) is 1. The van der Waals surface area contributed by atoms with Gasteiger partial charge in [0.05, 0.1) is 0 Å². The number of hydrogen-bond acceptors (Lipinski definition) is 1. The topological polar surface area (TPSA) is 3.24 Å². The quantitative estimate of drug-likeness (QED) is 0.138. The van der Waals surface area contributed by atoms with Crippen LogP contribution in [0.4, 0.5) is 17.1 Å². The van der Waals surface area contributed by atoms with Crippen LogP contribution in [-0.2, 0) is 5.41 Å². The van der Waals surface area contributed by atoms with E-state index < -0.39 is 0 Å². The van der Waals surface area contributed by atoms with Crippen molar-refractivity contribution in [2.75, 3.05) is 4.90 Å². The Morgan fingerprint density at radius 2 is 0.768 bits per heavy atom. The summed E-state index contributed by atoms with van der Waals surface area (Å²) < 4.78 is 0. The molecule has 0 spiro atoms. The van der Waals surface area contributed by atoms with Gasteiger partial charge in [0.1, 0.15) is 0 Å². The highest BCUT2D eigenvalue weighted by Gasteiger charge is 2.41. The van der Waals surface area contributed by atoms with Gasteiger partial charge >= 0.3 is 0 Å². The van der Waals surface area contributed by atoms with E-state index in [-0.39, 0.29) is 5.41 Å². The summed E-state index contributed by atoms with van der Waals surface area (Å²) in [6, 6.07) is 98.5. The molecule has 1 unspecified atom stereocenters. The molecule has 0 N–H and O–H groups in total. The molecule has 12 aromatic carbocycles. The van der Waals surface area contributed by atoms with Crippen LogP contribution >= 0.6 is 0 Å². The van der Waals surface area contributed by atoms with Crippen molar-refractivity contribution in [2.24, 2.45) is 0 Å². The van der Waals surface area contributed by atoms with Crippen LogP contribution in [0.3, 0.4) is 0 Å². The Bertz CT molecular complexity index is 3910. The molecule has 0 aromatic heterocycles. The summed E-state index contributed by atoms with van der Waals surface area (Å²) in [5.74, 6) is 0. The molecule has 0 saturated carbocycles. The molecule has 0 heterocycles. The molecule has 0 saturated heterocycles. The predicted octanol–water partition coefficient (Wildman–Crippen LogP) is 18.6. The van der Waals surface area contributed by atoms with Crippen LogP contribution in [-0.4, -0.2) is 0 Å². The van der Waals surface area contributed by atoms with Gasteiger partial charge < -0.3 is 4.90 Å². The van der Waals surface area contributed by atoms with Gasteiger partial charge in [0.15, 0.2) is 0 Å². The highest BCUT2D eigenvalue weighted by molar-refractivity contribution is 6.22. The molecule has 0 radical (unpaired) electrons. The molecule has 1 aliphatic rings. The predicted molar refractivity (Wildman–Crippen MR) is 293 cm³/mol. The Morgan fingerprint density at radius 3 is 1.48 bits per heavy atom. The van der Waals surface area contributed by atoms with Crippen LogP contribution < -0.4 is 4.90 Å². The minimum absolute atomic E-state index is 0.339. The average Bonchev–Trinajstić information content (AvgIpc) is 3.68. The lowest BCUT2D eigenvalue weighted by molar-refractivity contribution is 0.714. The van der Waals surface area contributed by atoms with Crippen LogP contribution in [0.2, 0.25) is 0 Å². The SMILES string of the molecule is CC1(c2ccccc2)c2ccccc2-c2ccc(N(c3cccc(-c4ccc5ccccc5c4)c3)c3cccc(-c4ccc5c(c4)c(-c4ccccc4)c(-c4ccccc4)c4ccccc45)c3)cc21. The Hall–Kier alpha value is -8.78. The fourth-order valence-electron chi connectivity index (χ4n) is 11.3. The highest BCUT2D eigenvalue weighted by Crippen LogP contribution is 2.54. The maximum Gasteiger partial charge on any atom is 0.0467 e. The Labute approximate surface area is 403 Å². The van der Waals surface area contributed by atoms with Crippen molar-refractivity contribution < 1.29 is 0 Å². The third kappa shape index (κ3) is 6.77. The van der Waals surface area contributed by atoms with Gasteiger partial charge in [0, 0.05) is 22.5 Å². The third-order valence-electron chi connectivity index (χ3n) is 14.7. The van der Waals surface area contributed by atoms with Crippen LogP contribution in [0.25, 0.3) is 88.0 Å². The smallest absolute Gasteiger partial charge is 0.0467 e. The van der Waals surface area contributed by atoms with Crippen molar-refractivity contribution in [1.82, 2.24) is 0 Å². The first-order valence-corrected chi connectivity index (χ1v) is 24.0. The third-order valence-corrected chi connectivity index (χ3v) is 14.7. The molecule has 12 aromatic rings. The van der Waals surface area contributed by atoms with Gasteiger partial charge in [-0.15, -0.1) is 0 Å². The zero-order chi connectivity index (χ0) is 45.9. The second-order valence-corrected chi connectivity index (χ2v) is 18.6. The van der Waals surface area contributed by atoms with Crippen LogP contribution in [0, 0.1) is 0 Å². The molecule has 324 valence electrons. The molecule has 0 fully saturated rings. The minimum Gasteiger partial charge on any atom is -0.310 e. The summed E-state index contributed by atoms with van der Waals surface area (Å²) in [4.78, 5) is 2.46. The summed E-state index contributed by atoms with van der Waals surface area (Å²) in [7, 11) is 0. The lowest BCUT2D eigenvalue weighted by atomic mass is 9.74. The van der Waals surface area contributed by atoms with Gasteiger partial charge in [-0.25, -0.2) is 0 Å². The number of hydrogen-bond donors (Lipinski definition) is 0. The first-order valence-electron chi connectivity index (χ1n) is 24.0. The summed E-state index contributed by atoms with van der Waals surface area (Å²) in [6.45, 7) is 2.40. The van der Waals surface area contributed by atoms with Crippen molar-refractivity contribution in [1.29, 1.82) is 0 Å². The monoisotopic (exact) mass is 877 g/mol. The molecule has 0 amide bonds. The summed E-state index contributed by atoms with van der Waals surface area (Å²) in [5.41, 5.74) is 19.1. The molecule has 13 rings (SSSR count). The highest BCUT2D eigenvalue weighted by atomic mass is 15.1. The second-order valence-electron chi connectivity index (χ2n) is 18.6. The number of rotatable bonds is 8. The van der Waals surface area contributed by atoms with Crippen molar-refractivity contribution in [2.45, 2.75) is 12.3 Å². The van der Waals surface area contributed by atoms with Crippen molar-refractivity contribution in [3.05, 3.63) is 284 Å². The van der Waals surface area contributed by atoms with Crippen molar-refractivity contribution >= 4 is 49.4 Å². The standard InChI is InChI=1S/C68H47N/c1-68(54-27-9-4-10-28-54)64-34-16-15-32-60(64)61-40-38-57(45-65(61)68)69(55-29-17-25-50(42-55)52-36-35-46-19-11-12-24-49(46)41-52)56-30-18-26-51(43-56)53-37-39-59-58-31-13-14-33-62(58)66(47-20-5-2-6-21-47)67(63(59)44-53)48-22-7-3-8-23-48/h2-45H,1H3. The molecule has 1 nitrogen and oxygen atoms in total. The maximum absolute atomic E-state index is 2.46. The van der Waals surface area contributed by atoms with E-state index >= 15 is 0 Å². The normalized spacial score (nSPS) is 13.9. The van der Waals surface area contributed by atoms with Gasteiger partial charge in [0.2, 0.25) is 0 Å². The Morgan fingerprint density at radius 1 is 0.275 bits per heavy atom. The van der Waals surface area contributed by atoms with E-state index in [1.54, 1.807) is 0 Å². The molecular weight excluding hydrogens is 831 g/mol. The Balaban J connectivity index is 1.02. The molecule has 69 heavy (non-hydrogen) atoms. The van der Waals surface area contributed by atoms with E-state index in [0.717, 1.165) is 22.6 Å². The first-order chi connectivity index (χ1) is 34.1. The number of anilines is 3. The largest absolute Gasteiger partial charge is 0.310 e. The maximum atomic E-state index is 2.46. The first kappa shape index (κ1) is 40.5. The van der Waals surface area contributed by atoms with E-state index in [2.05, 4.69) is 279 Å². The van der Waals surface area contributed by atoms with E-state index in [9.17, 15) is 0 Å². The van der Waals surface area contributed by atoms with Gasteiger partial charge in [-0.05, 0) is 160 Å². The summed E-state index contributed by atoms with van der Waals surface area (Å²) in [5, 5.41) is 7.47. The molecule has 1 aliphatic carbocycles. The van der Waals surface area contributed by atoms with Crippen molar-refractivity contribution in [3.63, 3.8) is 0 Å². The van der Waals surface area contributed by atoms with E-state index in [0.29, 0.717) is 0 Å². The molecule has 0 aliphatic heterocycles. The molecule has 1 atom stereocenters. The zero-order valence-electron chi connectivity index (χ0n) is 38.4. The van der Waals surface area contributed by atoms with Gasteiger partial charge in [-0.3, -0.25) is 0 Å². The van der Waals surface area contributed by atoms with E-state index in [4.69, 9.17) is 0 Å².